The molecule has 0 radical (unpaired) electrons. The predicted molar refractivity (Wildman–Crippen MR) is 107 cm³/mol. The minimum Gasteiger partial charge on any atom is -0.453 e. The number of aromatic amines is 1. The van der Waals surface area contributed by atoms with Crippen LogP contribution in [0.1, 0.15) is 18.4 Å². The number of H-pyrrole nitrogens is 1. The molecule has 0 spiro atoms. The topological polar surface area (TPSA) is 68.9 Å². The van der Waals surface area contributed by atoms with E-state index in [9.17, 15) is 9.59 Å². The van der Waals surface area contributed by atoms with Crippen molar-refractivity contribution in [3.8, 4) is 0 Å². The molecule has 7 nitrogen and oxygen atoms in total. The third-order valence-electron chi connectivity index (χ3n) is 5.92. The van der Waals surface area contributed by atoms with Gasteiger partial charge in [-0.25, -0.2) is 4.79 Å². The van der Waals surface area contributed by atoms with E-state index in [1.54, 1.807) is 4.90 Å². The molecule has 150 valence electrons. The number of piperazine rings is 1. The minimum atomic E-state index is -0.310. The predicted octanol–water partition coefficient (Wildman–Crippen LogP) is 2.09. The van der Waals surface area contributed by atoms with Gasteiger partial charge in [0.1, 0.15) is 0 Å². The fraction of sp³-hybridized carbons (Fsp3) is 0.524. The first-order valence-corrected chi connectivity index (χ1v) is 10.1. The number of rotatable bonds is 4. The zero-order valence-corrected chi connectivity index (χ0v) is 16.4. The Kier molecular flexibility index (Phi) is 5.52. The Labute approximate surface area is 165 Å². The van der Waals surface area contributed by atoms with Crippen LogP contribution >= 0.6 is 0 Å². The highest BCUT2D eigenvalue weighted by atomic mass is 16.5. The maximum Gasteiger partial charge on any atom is 0.409 e. The molecule has 28 heavy (non-hydrogen) atoms. The smallest absolute Gasteiger partial charge is 0.409 e. The van der Waals surface area contributed by atoms with E-state index in [0.29, 0.717) is 26.1 Å². The summed E-state index contributed by atoms with van der Waals surface area (Å²) in [6, 6.07) is 8.06. The molecule has 1 N–H and O–H groups in total. The van der Waals surface area contributed by atoms with Gasteiger partial charge in [-0.15, -0.1) is 0 Å². The van der Waals surface area contributed by atoms with Gasteiger partial charge in [-0.1, -0.05) is 18.2 Å². The molecule has 1 aromatic carbocycles. The molecule has 4 rings (SSSR count). The van der Waals surface area contributed by atoms with Gasteiger partial charge in [-0.2, -0.15) is 0 Å². The molecule has 2 aromatic rings. The molecule has 2 aliphatic heterocycles. The van der Waals surface area contributed by atoms with Gasteiger partial charge in [0.25, 0.3) is 0 Å². The number of likely N-dealkylation sites (tertiary alicyclic amines) is 1. The monoisotopic (exact) mass is 384 g/mol. The minimum absolute atomic E-state index is 0.00339. The largest absolute Gasteiger partial charge is 0.453 e. The van der Waals surface area contributed by atoms with Gasteiger partial charge < -0.3 is 24.4 Å². The molecule has 1 atom stereocenters. The van der Waals surface area contributed by atoms with E-state index in [0.717, 1.165) is 36.1 Å². The molecular formula is C21H28N4O3. The van der Waals surface area contributed by atoms with Crippen LogP contribution in [-0.4, -0.2) is 84.1 Å². The van der Waals surface area contributed by atoms with Gasteiger partial charge in [0.2, 0.25) is 5.91 Å². The highest BCUT2D eigenvalue weighted by Gasteiger charge is 2.34. The number of nitrogens with zero attached hydrogens (tertiary/aromatic N) is 3. The van der Waals surface area contributed by atoms with E-state index in [1.165, 1.54) is 20.0 Å². The highest BCUT2D eigenvalue weighted by molar-refractivity contribution is 5.89. The number of carbonyl (C=O) groups excluding carboxylic acids is 2. The molecule has 2 aliphatic rings. The second-order valence-electron chi connectivity index (χ2n) is 7.70. The molecule has 1 unspecified atom stereocenters. The Morgan fingerprint density at radius 3 is 2.71 bits per heavy atom. The number of fused-ring (bicyclic) bond motifs is 1. The number of benzene rings is 1. The van der Waals surface area contributed by atoms with Crippen LogP contribution in [0.2, 0.25) is 0 Å². The van der Waals surface area contributed by atoms with Crippen molar-refractivity contribution in [2.75, 3.05) is 46.4 Å². The van der Waals surface area contributed by atoms with Crippen LogP contribution in [0.4, 0.5) is 4.79 Å². The van der Waals surface area contributed by atoms with Gasteiger partial charge >= 0.3 is 6.09 Å². The third-order valence-corrected chi connectivity index (χ3v) is 5.92. The van der Waals surface area contributed by atoms with Crippen molar-refractivity contribution in [3.05, 3.63) is 36.0 Å². The Morgan fingerprint density at radius 1 is 1.14 bits per heavy atom. The fourth-order valence-corrected chi connectivity index (χ4v) is 4.44. The number of hydrogen-bond donors (Lipinski definition) is 1. The zero-order chi connectivity index (χ0) is 19.5. The molecular weight excluding hydrogens is 356 g/mol. The van der Waals surface area contributed by atoms with Crippen LogP contribution in [0.3, 0.4) is 0 Å². The van der Waals surface area contributed by atoms with Crippen molar-refractivity contribution in [3.63, 3.8) is 0 Å². The second-order valence-corrected chi connectivity index (χ2v) is 7.70. The molecule has 0 bridgehead atoms. The Morgan fingerprint density at radius 2 is 1.93 bits per heavy atom. The fourth-order valence-electron chi connectivity index (χ4n) is 4.44. The molecule has 0 aliphatic carbocycles. The van der Waals surface area contributed by atoms with E-state index in [1.807, 2.05) is 35.4 Å². The van der Waals surface area contributed by atoms with Crippen LogP contribution in [0.15, 0.2) is 30.5 Å². The number of para-hydroxylation sites is 1. The summed E-state index contributed by atoms with van der Waals surface area (Å²) in [6.07, 6.45) is 4.41. The second kappa shape index (κ2) is 8.22. The van der Waals surface area contributed by atoms with Crippen molar-refractivity contribution in [1.82, 2.24) is 19.7 Å². The van der Waals surface area contributed by atoms with Gasteiger partial charge in [-0.05, 0) is 37.6 Å². The lowest BCUT2D eigenvalue weighted by molar-refractivity contribution is -0.135. The average Bonchev–Trinajstić information content (AvgIpc) is 3.37. The molecule has 1 aromatic heterocycles. The average molecular weight is 384 g/mol. The number of nitrogens with one attached hydrogen (secondary N) is 1. The first kappa shape index (κ1) is 18.8. The lowest BCUT2D eigenvalue weighted by Gasteiger charge is -2.42. The van der Waals surface area contributed by atoms with Gasteiger partial charge in [-0.3, -0.25) is 4.79 Å². The van der Waals surface area contributed by atoms with Crippen LogP contribution in [0, 0.1) is 0 Å². The molecule has 2 amide bonds. The normalized spacial score (nSPS) is 20.7. The number of ether oxygens (including phenoxy) is 1. The Hall–Kier alpha value is -2.54. The van der Waals surface area contributed by atoms with E-state index in [4.69, 9.17) is 4.74 Å². The number of methoxy groups -OCH3 is 1. The zero-order valence-electron chi connectivity index (χ0n) is 16.4. The van der Waals surface area contributed by atoms with Crippen molar-refractivity contribution >= 4 is 22.9 Å². The summed E-state index contributed by atoms with van der Waals surface area (Å²) in [7, 11) is 1.41. The van der Waals surface area contributed by atoms with Crippen molar-refractivity contribution in [2.24, 2.45) is 0 Å². The first-order valence-electron chi connectivity index (χ1n) is 10.1. The summed E-state index contributed by atoms with van der Waals surface area (Å²) in [4.78, 5) is 34.5. The quantitative estimate of drug-likeness (QED) is 0.876. The first-order chi connectivity index (χ1) is 13.7. The van der Waals surface area contributed by atoms with E-state index in [2.05, 4.69) is 9.88 Å². The van der Waals surface area contributed by atoms with Crippen LogP contribution in [0.5, 0.6) is 0 Å². The summed E-state index contributed by atoms with van der Waals surface area (Å²) in [5, 5.41) is 1.10. The van der Waals surface area contributed by atoms with Crippen molar-refractivity contribution in [2.45, 2.75) is 25.3 Å². The number of aromatic nitrogens is 1. The van der Waals surface area contributed by atoms with Crippen LogP contribution in [-0.2, 0) is 16.0 Å². The molecule has 2 saturated heterocycles. The maximum atomic E-state index is 13.2. The number of carbonyl (C=O) groups is 2. The number of amides is 2. The molecule has 0 saturated carbocycles. The third kappa shape index (κ3) is 3.85. The molecule has 2 fully saturated rings. The van der Waals surface area contributed by atoms with Crippen molar-refractivity contribution < 1.29 is 14.3 Å². The summed E-state index contributed by atoms with van der Waals surface area (Å²) in [6.45, 7) is 4.55. The Bertz CT molecular complexity index is 843. The lowest BCUT2D eigenvalue weighted by atomic mass is 10.1. The summed E-state index contributed by atoms with van der Waals surface area (Å²) in [5.41, 5.74) is 2.07. The van der Waals surface area contributed by atoms with E-state index >= 15 is 0 Å². The van der Waals surface area contributed by atoms with Crippen molar-refractivity contribution in [1.29, 1.82) is 0 Å². The lowest BCUT2D eigenvalue weighted by Crippen LogP contribution is -2.59. The summed E-state index contributed by atoms with van der Waals surface area (Å²) >= 11 is 0. The van der Waals surface area contributed by atoms with Gasteiger partial charge in [0.05, 0.1) is 19.6 Å². The summed E-state index contributed by atoms with van der Waals surface area (Å²) < 4.78 is 4.90. The molecule has 7 heteroatoms. The Balaban J connectivity index is 1.49. The van der Waals surface area contributed by atoms with E-state index in [-0.39, 0.29) is 18.0 Å². The van der Waals surface area contributed by atoms with E-state index < -0.39 is 0 Å². The number of hydrogen-bond acceptors (Lipinski definition) is 4. The van der Waals surface area contributed by atoms with Gasteiger partial charge in [0, 0.05) is 43.3 Å². The SMILES string of the molecule is COC(=O)N1CCN(C(=O)Cc2c[nH]c3ccccc23)C(CN2CCCC2)C1. The maximum absolute atomic E-state index is 13.2. The molecule has 3 heterocycles. The highest BCUT2D eigenvalue weighted by Crippen LogP contribution is 2.21. The van der Waals surface area contributed by atoms with Crippen LogP contribution in [0.25, 0.3) is 10.9 Å². The van der Waals surface area contributed by atoms with Crippen LogP contribution < -0.4 is 0 Å². The standard InChI is InChI=1S/C21H28N4O3/c1-28-21(27)24-10-11-25(17(15-24)14-23-8-4-5-9-23)20(26)12-16-13-22-19-7-3-2-6-18(16)19/h2-3,6-7,13,17,22H,4-5,8-12,14-15H2,1H3. The van der Waals surface area contributed by atoms with Gasteiger partial charge in [0.15, 0.2) is 0 Å². The summed E-state index contributed by atoms with van der Waals surface area (Å²) in [5.74, 6) is 0.124.